The maximum atomic E-state index is 5.95. The second-order valence-electron chi connectivity index (χ2n) is 12.6. The van der Waals surface area contributed by atoms with E-state index < -0.39 is 0 Å². The maximum Gasteiger partial charge on any atom is 0.161 e. The molecular formula is C44H37NO2. The predicted molar refractivity (Wildman–Crippen MR) is 194 cm³/mol. The van der Waals surface area contributed by atoms with Gasteiger partial charge < -0.3 is 9.47 Å². The van der Waals surface area contributed by atoms with Crippen LogP contribution in [0, 0.1) is 6.92 Å². The van der Waals surface area contributed by atoms with Crippen LogP contribution >= 0.6 is 0 Å². The van der Waals surface area contributed by atoms with Crippen LogP contribution in [0.4, 0.5) is 0 Å². The Bertz CT molecular complexity index is 2180. The van der Waals surface area contributed by atoms with E-state index in [1.807, 2.05) is 0 Å². The Labute approximate surface area is 277 Å². The number of rotatable bonds is 6. The van der Waals surface area contributed by atoms with E-state index in [-0.39, 0.29) is 6.04 Å². The number of aryl methyl sites for hydroxylation is 1. The second-order valence-corrected chi connectivity index (χ2v) is 12.6. The number of hydrogen-bond acceptors (Lipinski definition) is 3. The molecule has 0 aromatic heterocycles. The molecule has 1 heterocycles. The van der Waals surface area contributed by atoms with Crippen LogP contribution < -0.4 is 9.47 Å². The normalized spacial score (nSPS) is 17.3. The minimum atomic E-state index is -0.00794. The van der Waals surface area contributed by atoms with Gasteiger partial charge in [0, 0.05) is 13.1 Å². The maximum absolute atomic E-state index is 5.95. The molecule has 2 aliphatic rings. The summed E-state index contributed by atoms with van der Waals surface area (Å²) in [5.41, 5.74) is 13.8. The highest BCUT2D eigenvalue weighted by atomic mass is 16.5. The Morgan fingerprint density at radius 2 is 1.36 bits per heavy atom. The van der Waals surface area contributed by atoms with E-state index in [4.69, 9.17) is 9.47 Å². The molecule has 3 nitrogen and oxygen atoms in total. The minimum absolute atomic E-state index is 0.00794. The van der Waals surface area contributed by atoms with E-state index in [1.54, 1.807) is 14.2 Å². The average molecular weight is 612 g/mol. The van der Waals surface area contributed by atoms with Crippen LogP contribution in [0.3, 0.4) is 0 Å². The molecule has 0 fully saturated rings. The van der Waals surface area contributed by atoms with E-state index in [0.717, 1.165) is 24.6 Å². The lowest BCUT2D eigenvalue weighted by molar-refractivity contribution is 0.211. The van der Waals surface area contributed by atoms with E-state index in [1.165, 1.54) is 72.0 Å². The molecule has 230 valence electrons. The van der Waals surface area contributed by atoms with Crippen LogP contribution in [0.25, 0.3) is 33.6 Å². The molecule has 8 rings (SSSR count). The smallest absolute Gasteiger partial charge is 0.161 e. The fraction of sp³-hybridized carbons (Fsp3) is 0.136. The van der Waals surface area contributed by atoms with Crippen LogP contribution in [0.5, 0.6) is 11.5 Å². The van der Waals surface area contributed by atoms with Gasteiger partial charge >= 0.3 is 0 Å². The molecule has 6 aromatic rings. The van der Waals surface area contributed by atoms with Crippen LogP contribution in [0.15, 0.2) is 133 Å². The Morgan fingerprint density at radius 3 is 2.15 bits per heavy atom. The van der Waals surface area contributed by atoms with Crippen LogP contribution in [0.1, 0.15) is 50.5 Å². The largest absolute Gasteiger partial charge is 0.493 e. The van der Waals surface area contributed by atoms with Crippen LogP contribution in [-0.2, 0) is 13.1 Å². The van der Waals surface area contributed by atoms with Crippen molar-refractivity contribution in [3.63, 3.8) is 0 Å². The molecule has 0 bridgehead atoms. The summed E-state index contributed by atoms with van der Waals surface area (Å²) in [5, 5.41) is 2.48. The van der Waals surface area contributed by atoms with Gasteiger partial charge in [-0.2, -0.15) is 0 Å². The number of allylic oxidation sites excluding steroid dienone is 2. The zero-order chi connectivity index (χ0) is 31.9. The molecular weight excluding hydrogens is 574 g/mol. The first-order chi connectivity index (χ1) is 23.1. The molecule has 1 atom stereocenters. The van der Waals surface area contributed by atoms with E-state index in [9.17, 15) is 0 Å². The molecule has 1 unspecified atom stereocenters. The lowest BCUT2D eigenvalue weighted by Crippen LogP contribution is -2.34. The molecule has 47 heavy (non-hydrogen) atoms. The number of benzene rings is 6. The Balaban J connectivity index is 1.46. The number of methoxy groups -OCH3 is 2. The van der Waals surface area contributed by atoms with Gasteiger partial charge in [0.1, 0.15) is 0 Å². The molecule has 0 saturated heterocycles. The number of nitrogens with zero attached hydrogens (tertiary/aromatic N) is 1. The van der Waals surface area contributed by atoms with Gasteiger partial charge in [-0.25, -0.2) is 0 Å². The van der Waals surface area contributed by atoms with Crippen molar-refractivity contribution in [2.75, 3.05) is 14.2 Å². The fourth-order valence-electron chi connectivity index (χ4n) is 7.40. The molecule has 6 aromatic carbocycles. The van der Waals surface area contributed by atoms with Crippen molar-refractivity contribution >= 4 is 33.6 Å². The lowest BCUT2D eigenvalue weighted by atomic mass is 9.78. The summed E-state index contributed by atoms with van der Waals surface area (Å²) in [6, 6.07) is 48.6. The zero-order valence-electron chi connectivity index (χ0n) is 27.0. The van der Waals surface area contributed by atoms with Gasteiger partial charge in [0.2, 0.25) is 0 Å². The highest BCUT2D eigenvalue weighted by Gasteiger charge is 2.37. The number of fused-ring (bicyclic) bond motifs is 3. The molecule has 0 spiro atoms. The zero-order valence-corrected chi connectivity index (χ0v) is 27.0. The summed E-state index contributed by atoms with van der Waals surface area (Å²) in [7, 11) is 3.45. The van der Waals surface area contributed by atoms with Gasteiger partial charge in [-0.05, 0) is 97.6 Å². The molecule has 0 N–H and O–H groups in total. The first-order valence-electron chi connectivity index (χ1n) is 16.3. The van der Waals surface area contributed by atoms with E-state index >= 15 is 0 Å². The third-order valence-electron chi connectivity index (χ3n) is 9.66. The molecule has 0 saturated carbocycles. The van der Waals surface area contributed by atoms with Crippen molar-refractivity contribution < 1.29 is 9.47 Å². The summed E-state index contributed by atoms with van der Waals surface area (Å²) in [5.74, 6) is 1.49. The van der Waals surface area contributed by atoms with Gasteiger partial charge in [-0.1, -0.05) is 121 Å². The van der Waals surface area contributed by atoms with Crippen molar-refractivity contribution in [2.24, 2.45) is 0 Å². The summed E-state index contributed by atoms with van der Waals surface area (Å²) >= 11 is 0. The van der Waals surface area contributed by atoms with Crippen molar-refractivity contribution in [1.82, 2.24) is 4.90 Å². The Morgan fingerprint density at radius 1 is 0.660 bits per heavy atom. The number of hydrogen-bond donors (Lipinski definition) is 0. The topological polar surface area (TPSA) is 21.7 Å². The van der Waals surface area contributed by atoms with Gasteiger partial charge in [0.25, 0.3) is 0 Å². The van der Waals surface area contributed by atoms with Crippen molar-refractivity contribution in [3.05, 3.63) is 178 Å². The predicted octanol–water partition coefficient (Wildman–Crippen LogP) is 10.4. The van der Waals surface area contributed by atoms with E-state index in [0.29, 0.717) is 0 Å². The third-order valence-corrected chi connectivity index (χ3v) is 9.66. The SMILES string of the molecule is COc1cc2c(cc1OC)/C(=C1/C(c3ccc4ccccc4c3)=Cc3ccccc31)C(c1ccc(C)cc1)N(Cc1ccccc1)C2. The van der Waals surface area contributed by atoms with E-state index in [2.05, 4.69) is 151 Å². The highest BCUT2D eigenvalue weighted by molar-refractivity contribution is 6.25. The Hall–Kier alpha value is -5.38. The van der Waals surface area contributed by atoms with Gasteiger partial charge in [-0.3, -0.25) is 4.90 Å². The van der Waals surface area contributed by atoms with Crippen LogP contribution in [-0.4, -0.2) is 19.1 Å². The molecule has 3 heteroatoms. The molecule has 0 amide bonds. The minimum Gasteiger partial charge on any atom is -0.493 e. The molecule has 1 aliphatic carbocycles. The van der Waals surface area contributed by atoms with Gasteiger partial charge in [0.15, 0.2) is 11.5 Å². The summed E-state index contributed by atoms with van der Waals surface area (Å²) in [6.07, 6.45) is 2.38. The summed E-state index contributed by atoms with van der Waals surface area (Å²) < 4.78 is 11.8. The van der Waals surface area contributed by atoms with Gasteiger partial charge in [-0.15, -0.1) is 0 Å². The molecule has 1 aliphatic heterocycles. The first-order valence-corrected chi connectivity index (χ1v) is 16.3. The second kappa shape index (κ2) is 12.1. The first kappa shape index (κ1) is 29.1. The van der Waals surface area contributed by atoms with Crippen molar-refractivity contribution in [2.45, 2.75) is 26.1 Å². The van der Waals surface area contributed by atoms with Crippen molar-refractivity contribution in [1.29, 1.82) is 0 Å². The third kappa shape index (κ3) is 5.23. The lowest BCUT2D eigenvalue weighted by Gasteiger charge is -2.41. The average Bonchev–Trinajstić information content (AvgIpc) is 3.50. The monoisotopic (exact) mass is 611 g/mol. The highest BCUT2D eigenvalue weighted by Crippen LogP contribution is 2.54. The molecule has 0 radical (unpaired) electrons. The summed E-state index contributed by atoms with van der Waals surface area (Å²) in [4.78, 5) is 2.62. The fourth-order valence-corrected chi connectivity index (χ4v) is 7.40. The number of ether oxygens (including phenoxy) is 2. The summed E-state index contributed by atoms with van der Waals surface area (Å²) in [6.45, 7) is 3.74. The van der Waals surface area contributed by atoms with Crippen molar-refractivity contribution in [3.8, 4) is 11.5 Å². The quantitative estimate of drug-likeness (QED) is 0.187. The Kier molecular flexibility index (Phi) is 7.47. The standard InChI is InChI=1S/C44H37NO2/c1-29-17-19-32(20-18-29)44-43(39-26-41(47-3)40(46-2)25-36(39)28-45(44)27-30-11-5-4-6-12-30)42-37-16-10-9-15-34(37)24-38(42)35-22-21-31-13-7-8-14-33(31)23-35/h4-26,44H,27-28H2,1-3H3/b43-42-. The van der Waals surface area contributed by atoms with Crippen LogP contribution in [0.2, 0.25) is 0 Å². The van der Waals surface area contributed by atoms with Gasteiger partial charge in [0.05, 0.1) is 20.3 Å².